The van der Waals surface area contributed by atoms with E-state index in [0.29, 0.717) is 29.7 Å². The Morgan fingerprint density at radius 3 is 2.36 bits per heavy atom. The van der Waals surface area contributed by atoms with Gasteiger partial charge in [0.15, 0.2) is 5.82 Å². The molecule has 16 nitrogen and oxygen atoms in total. The van der Waals surface area contributed by atoms with E-state index in [1.54, 1.807) is 22.7 Å². The van der Waals surface area contributed by atoms with Gasteiger partial charge in [-0.2, -0.15) is 0 Å². The summed E-state index contributed by atoms with van der Waals surface area (Å²) in [6.07, 6.45) is -0.392. The van der Waals surface area contributed by atoms with Gasteiger partial charge in [-0.15, -0.1) is 32.9 Å². The average molecular weight is 974 g/mol. The first-order valence-electron chi connectivity index (χ1n) is 22.2. The Bertz CT molecular complexity index is 2600. The number of hydrogen-bond acceptors (Lipinski definition) is 14. The number of fused-ring (bicyclic) bond motifs is 3. The van der Waals surface area contributed by atoms with Crippen LogP contribution in [0, 0.1) is 33.1 Å². The summed E-state index contributed by atoms with van der Waals surface area (Å²) in [5, 5.41) is 26.6. The molecule has 0 aliphatic carbocycles. The molecule has 2 aliphatic rings. The molecule has 3 aromatic heterocycles. The van der Waals surface area contributed by atoms with Crippen LogP contribution < -0.4 is 10.6 Å². The number of aliphatic hydroxyl groups excluding tert-OH is 1. The molecule has 2 aliphatic heterocycles. The molecule has 4 atom stereocenters. The van der Waals surface area contributed by atoms with Gasteiger partial charge in [0.2, 0.25) is 17.7 Å². The number of halogens is 1. The van der Waals surface area contributed by atoms with Gasteiger partial charge < -0.3 is 34.9 Å². The van der Waals surface area contributed by atoms with Crippen molar-refractivity contribution >= 4 is 63.7 Å². The van der Waals surface area contributed by atoms with Crippen molar-refractivity contribution in [3.05, 3.63) is 104 Å². The average Bonchev–Trinajstić information content (AvgIpc) is 4.06. The van der Waals surface area contributed by atoms with E-state index < -0.39 is 47.4 Å². The van der Waals surface area contributed by atoms with Gasteiger partial charge in [0.25, 0.3) is 0 Å². The SMILES string of the molecule is Cc1ncsc1-c1ccc(CNC(=O)[C@@H]2C[C@@H](O)CN2C(=O)[C@@H](NC(=O)COCCCOCCOC(=O)C[C@@H]2N=C(c3ccc(Cl)cc3)c3c(sc(C)c3C)-n3c(C)nnc32)C(C)(C)C)cc1. The number of hydrogen-bond donors (Lipinski definition) is 3. The molecular formula is C48H57ClN8O8S2. The molecule has 5 heterocycles. The third kappa shape index (κ3) is 11.8. The van der Waals surface area contributed by atoms with Crippen LogP contribution in [0.15, 0.2) is 59.0 Å². The standard InChI is InChI=1S/C48H57ClN8O8S2/c1-27-29(3)67-47-40(27)41(32-13-15-34(49)16-14-32)52-36(44-55-54-30(4)57(44)47)22-39(60)65-20-19-63-17-8-18-64-25-38(59)53-43(48(5,6)7)46(62)56-24-35(58)21-37(56)45(61)50-23-31-9-11-33(12-10-31)42-28(2)51-26-66-42/h9-16,26,35-37,43,58H,8,17-25H2,1-7H3,(H,50,61)(H,53,59)/t35-,36+,37+,43-/m1/s1. The summed E-state index contributed by atoms with van der Waals surface area (Å²) in [4.78, 5) is 66.7. The van der Waals surface area contributed by atoms with Crippen LogP contribution in [0.4, 0.5) is 0 Å². The zero-order valence-corrected chi connectivity index (χ0v) is 41.1. The molecule has 2 aromatic carbocycles. The Hall–Kier alpha value is -5.37. The smallest absolute Gasteiger partial charge is 0.308 e. The number of β-amino-alcohol motifs (C(OH)–C–C–N with tert-alkyl or cyclic N) is 1. The number of thiazole rings is 1. The fraction of sp³-hybridized carbons (Fsp3) is 0.458. The normalized spacial score (nSPS) is 17.3. The van der Waals surface area contributed by atoms with E-state index in [4.69, 9.17) is 30.8 Å². The van der Waals surface area contributed by atoms with Gasteiger partial charge in [0.05, 0.1) is 40.9 Å². The molecule has 1 fully saturated rings. The Balaban J connectivity index is 0.832. The van der Waals surface area contributed by atoms with Gasteiger partial charge >= 0.3 is 5.97 Å². The van der Waals surface area contributed by atoms with E-state index in [9.17, 15) is 24.3 Å². The first kappa shape index (κ1) is 49.5. The van der Waals surface area contributed by atoms with Crippen molar-refractivity contribution in [3.8, 4) is 15.4 Å². The first-order chi connectivity index (χ1) is 32.0. The lowest BCUT2D eigenvalue weighted by molar-refractivity contribution is -0.145. The highest BCUT2D eigenvalue weighted by Gasteiger charge is 2.44. The number of benzene rings is 2. The van der Waals surface area contributed by atoms with Crippen LogP contribution >= 0.6 is 34.3 Å². The molecule has 19 heteroatoms. The number of ether oxygens (including phenoxy) is 3. The number of rotatable bonds is 18. The monoisotopic (exact) mass is 972 g/mol. The lowest BCUT2D eigenvalue weighted by atomic mass is 9.85. The number of aromatic nitrogens is 4. The largest absolute Gasteiger partial charge is 0.463 e. The number of likely N-dealkylation sites (tertiary alicyclic amines) is 1. The summed E-state index contributed by atoms with van der Waals surface area (Å²) in [5.74, 6) is -0.540. The fourth-order valence-corrected chi connectivity index (χ4v) is 10.2. The molecule has 3 amide bonds. The maximum absolute atomic E-state index is 14.0. The second kappa shape index (κ2) is 21.7. The molecule has 1 saturated heterocycles. The molecular weight excluding hydrogens is 916 g/mol. The van der Waals surface area contributed by atoms with Gasteiger partial charge in [-0.25, -0.2) is 4.98 Å². The molecule has 0 bridgehead atoms. The van der Waals surface area contributed by atoms with Gasteiger partial charge in [-0.1, -0.05) is 68.8 Å². The number of aliphatic hydroxyl groups is 1. The van der Waals surface area contributed by atoms with E-state index in [1.165, 1.54) is 4.90 Å². The summed E-state index contributed by atoms with van der Waals surface area (Å²) in [5.41, 5.74) is 7.66. The molecule has 0 radical (unpaired) electrons. The Labute approximate surface area is 403 Å². The van der Waals surface area contributed by atoms with Crippen LogP contribution in [-0.4, -0.2) is 117 Å². The number of nitrogens with one attached hydrogen (secondary N) is 2. The van der Waals surface area contributed by atoms with E-state index in [-0.39, 0.29) is 58.3 Å². The van der Waals surface area contributed by atoms with Crippen molar-refractivity contribution < 1.29 is 38.5 Å². The Morgan fingerprint density at radius 2 is 1.66 bits per heavy atom. The van der Waals surface area contributed by atoms with Crippen molar-refractivity contribution in [1.29, 1.82) is 0 Å². The van der Waals surface area contributed by atoms with Crippen molar-refractivity contribution in [1.82, 2.24) is 35.3 Å². The van der Waals surface area contributed by atoms with E-state index in [0.717, 1.165) is 54.0 Å². The number of nitrogens with zero attached hydrogens (tertiary/aromatic N) is 6. The van der Waals surface area contributed by atoms with Crippen LogP contribution in [0.25, 0.3) is 15.4 Å². The predicted molar refractivity (Wildman–Crippen MR) is 257 cm³/mol. The second-order valence-electron chi connectivity index (χ2n) is 17.8. The number of amides is 3. The van der Waals surface area contributed by atoms with Crippen molar-refractivity contribution in [2.45, 2.75) is 98.5 Å². The summed E-state index contributed by atoms with van der Waals surface area (Å²) >= 11 is 9.43. The minimum atomic E-state index is -0.984. The minimum absolute atomic E-state index is 0.0286. The quantitative estimate of drug-likeness (QED) is 0.0649. The van der Waals surface area contributed by atoms with Gasteiger partial charge in [-0.3, -0.25) is 28.7 Å². The van der Waals surface area contributed by atoms with E-state index in [1.807, 2.05) is 93.2 Å². The maximum Gasteiger partial charge on any atom is 0.308 e. The highest BCUT2D eigenvalue weighted by atomic mass is 35.5. The molecule has 356 valence electrons. The number of carbonyl (C=O) groups is 4. The van der Waals surface area contributed by atoms with Crippen LogP contribution in [0.5, 0.6) is 0 Å². The lowest BCUT2D eigenvalue weighted by Crippen LogP contribution is -2.58. The number of carbonyl (C=O) groups excluding carboxylic acids is 4. The third-order valence-corrected chi connectivity index (χ3v) is 14.2. The number of aryl methyl sites for hydroxylation is 3. The third-order valence-electron chi connectivity index (χ3n) is 11.7. The Kier molecular flexibility index (Phi) is 16.1. The summed E-state index contributed by atoms with van der Waals surface area (Å²) in [6.45, 7) is 14.0. The molecule has 3 N–H and O–H groups in total. The Morgan fingerprint density at radius 1 is 0.940 bits per heavy atom. The van der Waals surface area contributed by atoms with Crippen LogP contribution in [0.2, 0.25) is 5.02 Å². The minimum Gasteiger partial charge on any atom is -0.463 e. The number of thiophene rings is 1. The van der Waals surface area contributed by atoms with Gasteiger partial charge in [0, 0.05) is 53.8 Å². The maximum atomic E-state index is 14.0. The fourth-order valence-electron chi connectivity index (χ4n) is 8.08. The highest BCUT2D eigenvalue weighted by Crippen LogP contribution is 2.40. The summed E-state index contributed by atoms with van der Waals surface area (Å²) in [7, 11) is 0. The predicted octanol–water partition coefficient (Wildman–Crippen LogP) is 6.40. The highest BCUT2D eigenvalue weighted by molar-refractivity contribution is 7.15. The molecule has 0 saturated carbocycles. The molecule has 0 unspecified atom stereocenters. The topological polar surface area (TPSA) is 199 Å². The molecule has 7 rings (SSSR count). The summed E-state index contributed by atoms with van der Waals surface area (Å²) in [6, 6.07) is 12.8. The van der Waals surface area contributed by atoms with Crippen molar-refractivity contribution in [3.63, 3.8) is 0 Å². The second-order valence-corrected chi connectivity index (χ2v) is 20.3. The number of esters is 1. The van der Waals surface area contributed by atoms with Crippen LogP contribution in [0.1, 0.15) is 90.5 Å². The first-order valence-corrected chi connectivity index (χ1v) is 24.3. The summed E-state index contributed by atoms with van der Waals surface area (Å²) < 4.78 is 18.8. The van der Waals surface area contributed by atoms with Crippen molar-refractivity contribution in [2.24, 2.45) is 10.4 Å². The zero-order valence-electron chi connectivity index (χ0n) is 38.8. The molecule has 67 heavy (non-hydrogen) atoms. The number of aliphatic imine (C=N–C) groups is 1. The van der Waals surface area contributed by atoms with Crippen LogP contribution in [0.3, 0.4) is 0 Å². The van der Waals surface area contributed by atoms with Gasteiger partial charge in [-0.05, 0) is 68.4 Å². The lowest BCUT2D eigenvalue weighted by Gasteiger charge is -2.35. The van der Waals surface area contributed by atoms with E-state index in [2.05, 4.69) is 39.7 Å². The van der Waals surface area contributed by atoms with Crippen molar-refractivity contribution in [2.75, 3.05) is 39.6 Å². The van der Waals surface area contributed by atoms with E-state index >= 15 is 0 Å². The van der Waals surface area contributed by atoms with Crippen LogP contribution in [-0.2, 0) is 39.9 Å². The van der Waals surface area contributed by atoms with Gasteiger partial charge in [0.1, 0.15) is 42.2 Å². The molecule has 0 spiro atoms. The molecule has 5 aromatic rings. The zero-order chi connectivity index (χ0) is 48.0.